The third kappa shape index (κ3) is 5.10. The molecular formula is C22H15F3N2O3S. The third-order valence-corrected chi connectivity index (χ3v) is 5.21. The summed E-state index contributed by atoms with van der Waals surface area (Å²) >= 11 is 0.934. The Morgan fingerprint density at radius 1 is 1.10 bits per heavy atom. The molecule has 3 aromatic carbocycles. The van der Waals surface area contributed by atoms with Gasteiger partial charge >= 0.3 is 12.1 Å². The van der Waals surface area contributed by atoms with Crippen molar-refractivity contribution in [1.82, 2.24) is 0 Å². The predicted molar refractivity (Wildman–Crippen MR) is 111 cm³/mol. The maximum absolute atomic E-state index is 13.3. The van der Waals surface area contributed by atoms with Crippen LogP contribution in [-0.2, 0) is 6.18 Å². The van der Waals surface area contributed by atoms with E-state index in [4.69, 9.17) is 10.00 Å². The number of carbonyl (C=O) groups is 1. The van der Waals surface area contributed by atoms with Crippen molar-refractivity contribution in [2.75, 3.05) is 11.8 Å². The maximum Gasteiger partial charge on any atom is 0.416 e. The Bertz CT molecular complexity index is 1160. The summed E-state index contributed by atoms with van der Waals surface area (Å²) in [7, 11) is 1.41. The van der Waals surface area contributed by atoms with Gasteiger partial charge in [-0.1, -0.05) is 18.2 Å². The Labute approximate surface area is 180 Å². The summed E-state index contributed by atoms with van der Waals surface area (Å²) in [6.07, 6.45) is -4.54. The number of hydrogen-bond donors (Lipinski definition) is 2. The smallest absolute Gasteiger partial charge is 0.416 e. The van der Waals surface area contributed by atoms with E-state index >= 15 is 0 Å². The number of methoxy groups -OCH3 is 1. The number of aromatic carboxylic acids is 1. The van der Waals surface area contributed by atoms with E-state index in [1.54, 1.807) is 24.3 Å². The first kappa shape index (κ1) is 22.1. The number of nitrogens with zero attached hydrogens (tertiary/aromatic N) is 1. The molecule has 158 valence electrons. The Hall–Kier alpha value is -3.64. The SMILES string of the molecule is COc1ccc(C(=O)O)cc1SNc1cc(C(F)(F)F)ccc1-c1ccc(C#N)cc1. The van der Waals surface area contributed by atoms with Gasteiger partial charge in [-0.2, -0.15) is 18.4 Å². The molecule has 0 aliphatic heterocycles. The largest absolute Gasteiger partial charge is 0.496 e. The van der Waals surface area contributed by atoms with Crippen LogP contribution in [-0.4, -0.2) is 18.2 Å². The standard InChI is InChI=1S/C22H15F3N2O3S/c1-30-19-9-6-15(21(28)29)10-20(19)31-27-18-11-16(22(23,24)25)7-8-17(18)14-4-2-13(12-26)3-5-14/h2-11,27H,1H3,(H,28,29). The topological polar surface area (TPSA) is 82.3 Å². The van der Waals surface area contributed by atoms with Crippen molar-refractivity contribution in [3.05, 3.63) is 77.4 Å². The number of alkyl halides is 3. The highest BCUT2D eigenvalue weighted by molar-refractivity contribution is 8.00. The van der Waals surface area contributed by atoms with Crippen molar-refractivity contribution in [2.24, 2.45) is 0 Å². The van der Waals surface area contributed by atoms with Gasteiger partial charge in [-0.3, -0.25) is 0 Å². The minimum absolute atomic E-state index is 0.0152. The molecular weight excluding hydrogens is 429 g/mol. The average Bonchev–Trinajstić information content (AvgIpc) is 2.76. The number of halogens is 3. The zero-order valence-corrected chi connectivity index (χ0v) is 16.8. The molecule has 0 atom stereocenters. The zero-order chi connectivity index (χ0) is 22.6. The third-order valence-electron chi connectivity index (χ3n) is 4.35. The quantitative estimate of drug-likeness (QED) is 0.449. The first-order valence-electron chi connectivity index (χ1n) is 8.79. The van der Waals surface area contributed by atoms with Gasteiger partial charge in [0, 0.05) is 5.56 Å². The number of nitrogens with one attached hydrogen (secondary N) is 1. The second-order valence-electron chi connectivity index (χ2n) is 6.32. The molecule has 2 N–H and O–H groups in total. The average molecular weight is 444 g/mol. The van der Waals surface area contributed by atoms with Crippen LogP contribution in [0.25, 0.3) is 11.1 Å². The number of benzene rings is 3. The molecule has 0 unspecified atom stereocenters. The Kier molecular flexibility index (Phi) is 6.42. The normalized spacial score (nSPS) is 10.9. The van der Waals surface area contributed by atoms with Crippen LogP contribution in [0.1, 0.15) is 21.5 Å². The number of rotatable bonds is 6. The highest BCUT2D eigenvalue weighted by Gasteiger charge is 2.31. The predicted octanol–water partition coefficient (Wildman–Crippen LogP) is 6.07. The second-order valence-corrected chi connectivity index (χ2v) is 7.17. The van der Waals surface area contributed by atoms with Crippen molar-refractivity contribution in [3.8, 4) is 22.9 Å². The highest BCUT2D eigenvalue weighted by atomic mass is 32.2. The molecule has 0 radical (unpaired) electrons. The van der Waals surface area contributed by atoms with E-state index in [-0.39, 0.29) is 11.3 Å². The summed E-state index contributed by atoms with van der Waals surface area (Å²) in [6.45, 7) is 0. The van der Waals surface area contributed by atoms with E-state index < -0.39 is 17.7 Å². The summed E-state index contributed by atoms with van der Waals surface area (Å²) in [4.78, 5) is 11.6. The van der Waals surface area contributed by atoms with Crippen LogP contribution in [0.5, 0.6) is 5.75 Å². The fourth-order valence-electron chi connectivity index (χ4n) is 2.78. The lowest BCUT2D eigenvalue weighted by atomic mass is 10.0. The number of carboxylic acids is 1. The highest BCUT2D eigenvalue weighted by Crippen LogP contribution is 2.39. The molecule has 31 heavy (non-hydrogen) atoms. The molecule has 3 rings (SSSR count). The Morgan fingerprint density at radius 3 is 2.39 bits per heavy atom. The fourth-order valence-corrected chi connectivity index (χ4v) is 3.61. The van der Waals surface area contributed by atoms with Gasteiger partial charge in [0.25, 0.3) is 0 Å². The van der Waals surface area contributed by atoms with Crippen LogP contribution in [0.2, 0.25) is 0 Å². The lowest BCUT2D eigenvalue weighted by Gasteiger charge is -2.16. The van der Waals surface area contributed by atoms with Crippen LogP contribution in [0, 0.1) is 11.3 Å². The number of nitriles is 1. The molecule has 5 nitrogen and oxygen atoms in total. The maximum atomic E-state index is 13.3. The van der Waals surface area contributed by atoms with E-state index in [1.165, 1.54) is 31.4 Å². The minimum Gasteiger partial charge on any atom is -0.496 e. The number of hydrogen-bond acceptors (Lipinski definition) is 5. The monoisotopic (exact) mass is 444 g/mol. The van der Waals surface area contributed by atoms with Gasteiger partial charge in [0.15, 0.2) is 0 Å². The summed E-state index contributed by atoms with van der Waals surface area (Å²) in [5.41, 5.74) is 0.878. The molecule has 0 aromatic heterocycles. The van der Waals surface area contributed by atoms with Gasteiger partial charge < -0.3 is 14.6 Å². The lowest BCUT2D eigenvalue weighted by Crippen LogP contribution is -2.06. The number of anilines is 1. The minimum atomic E-state index is -4.54. The van der Waals surface area contributed by atoms with E-state index in [0.29, 0.717) is 27.3 Å². The Balaban J connectivity index is 2.01. The molecule has 0 fully saturated rings. The number of ether oxygens (including phenoxy) is 1. The number of carboxylic acid groups (broad SMARTS) is 1. The van der Waals surface area contributed by atoms with Gasteiger partial charge in [-0.25, -0.2) is 4.79 Å². The molecule has 0 bridgehead atoms. The van der Waals surface area contributed by atoms with Crippen molar-refractivity contribution >= 4 is 23.6 Å². The molecule has 0 heterocycles. The molecule has 0 saturated heterocycles. The van der Waals surface area contributed by atoms with Crippen molar-refractivity contribution in [1.29, 1.82) is 5.26 Å². The van der Waals surface area contributed by atoms with E-state index in [0.717, 1.165) is 24.1 Å². The summed E-state index contributed by atoms with van der Waals surface area (Å²) in [5, 5.41) is 18.2. The Morgan fingerprint density at radius 2 is 1.81 bits per heavy atom. The molecule has 0 spiro atoms. The van der Waals surface area contributed by atoms with Crippen molar-refractivity contribution < 1.29 is 27.8 Å². The van der Waals surface area contributed by atoms with Gasteiger partial charge in [0.05, 0.1) is 40.5 Å². The fraction of sp³-hybridized carbons (Fsp3) is 0.0909. The first-order chi connectivity index (χ1) is 14.7. The molecule has 0 saturated carbocycles. The molecule has 0 aliphatic carbocycles. The van der Waals surface area contributed by atoms with Crippen molar-refractivity contribution in [3.63, 3.8) is 0 Å². The van der Waals surface area contributed by atoms with E-state index in [2.05, 4.69) is 4.72 Å². The van der Waals surface area contributed by atoms with E-state index in [9.17, 15) is 23.1 Å². The molecule has 0 amide bonds. The second kappa shape index (κ2) is 9.02. The van der Waals surface area contributed by atoms with Crippen LogP contribution >= 0.6 is 11.9 Å². The zero-order valence-electron chi connectivity index (χ0n) is 16.0. The van der Waals surface area contributed by atoms with Gasteiger partial charge in [-0.15, -0.1) is 0 Å². The van der Waals surface area contributed by atoms with E-state index in [1.807, 2.05) is 6.07 Å². The molecule has 9 heteroatoms. The van der Waals surface area contributed by atoms with Crippen molar-refractivity contribution in [2.45, 2.75) is 11.1 Å². The first-order valence-corrected chi connectivity index (χ1v) is 9.60. The molecule has 3 aromatic rings. The van der Waals surface area contributed by atoms with Crippen LogP contribution < -0.4 is 9.46 Å². The summed E-state index contributed by atoms with van der Waals surface area (Å²) in [6, 6.07) is 15.9. The van der Waals surface area contributed by atoms with Crippen LogP contribution in [0.3, 0.4) is 0 Å². The van der Waals surface area contributed by atoms with Gasteiger partial charge in [0.2, 0.25) is 0 Å². The van der Waals surface area contributed by atoms with Gasteiger partial charge in [-0.05, 0) is 60.0 Å². The van der Waals surface area contributed by atoms with Crippen LogP contribution in [0.4, 0.5) is 18.9 Å². The summed E-state index contributed by atoms with van der Waals surface area (Å²) < 4.78 is 47.9. The summed E-state index contributed by atoms with van der Waals surface area (Å²) in [5.74, 6) is -0.767. The van der Waals surface area contributed by atoms with Crippen LogP contribution in [0.15, 0.2) is 65.6 Å². The van der Waals surface area contributed by atoms with Gasteiger partial charge in [0.1, 0.15) is 5.75 Å². The molecule has 0 aliphatic rings. The lowest BCUT2D eigenvalue weighted by molar-refractivity contribution is -0.137.